The first-order chi connectivity index (χ1) is 8.42. The molecular formula is C12H16F3NO2. The molecule has 0 radical (unpaired) electrons. The lowest BCUT2D eigenvalue weighted by molar-refractivity contribution is -0.186. The van der Waals surface area contributed by atoms with E-state index in [1.54, 1.807) is 24.3 Å². The van der Waals surface area contributed by atoms with Crippen LogP contribution in [-0.4, -0.2) is 19.6 Å². The second-order valence-corrected chi connectivity index (χ2v) is 3.81. The fourth-order valence-electron chi connectivity index (χ4n) is 1.31. The standard InChI is InChI=1S/C12H16F3NO2/c1-2-11(16)9-3-5-10(6-4-9)18-8-17-7-12(13,14)15/h3-6,11H,2,7-8,16H2,1H3. The van der Waals surface area contributed by atoms with Crippen LogP contribution in [0.15, 0.2) is 24.3 Å². The van der Waals surface area contributed by atoms with E-state index in [0.717, 1.165) is 12.0 Å². The SMILES string of the molecule is CCC(N)c1ccc(OCOCC(F)(F)F)cc1. The number of hydrogen-bond donors (Lipinski definition) is 1. The van der Waals surface area contributed by atoms with Crippen LogP contribution in [0, 0.1) is 0 Å². The average Bonchev–Trinajstić information content (AvgIpc) is 2.33. The monoisotopic (exact) mass is 263 g/mol. The summed E-state index contributed by atoms with van der Waals surface area (Å²) >= 11 is 0. The molecule has 102 valence electrons. The Kier molecular flexibility index (Phi) is 5.43. The van der Waals surface area contributed by atoms with Gasteiger partial charge in [0.05, 0.1) is 0 Å². The zero-order valence-electron chi connectivity index (χ0n) is 10.0. The summed E-state index contributed by atoms with van der Waals surface area (Å²) in [6.07, 6.45) is -3.52. The predicted molar refractivity (Wildman–Crippen MR) is 61.2 cm³/mol. The minimum absolute atomic E-state index is 0.0412. The van der Waals surface area contributed by atoms with Crippen molar-refractivity contribution in [3.63, 3.8) is 0 Å². The van der Waals surface area contributed by atoms with Crippen LogP contribution in [0.3, 0.4) is 0 Å². The van der Waals surface area contributed by atoms with Crippen LogP contribution in [0.5, 0.6) is 5.75 Å². The van der Waals surface area contributed by atoms with E-state index in [1.165, 1.54) is 0 Å². The van der Waals surface area contributed by atoms with Gasteiger partial charge in [-0.25, -0.2) is 0 Å². The highest BCUT2D eigenvalue weighted by atomic mass is 19.4. The topological polar surface area (TPSA) is 44.5 Å². The first kappa shape index (κ1) is 14.8. The molecule has 0 saturated carbocycles. The second-order valence-electron chi connectivity index (χ2n) is 3.81. The number of nitrogens with two attached hydrogens (primary N) is 1. The summed E-state index contributed by atoms with van der Waals surface area (Å²) < 4.78 is 44.6. The van der Waals surface area contributed by atoms with Crippen LogP contribution >= 0.6 is 0 Å². The summed E-state index contributed by atoms with van der Waals surface area (Å²) in [7, 11) is 0. The van der Waals surface area contributed by atoms with Crippen LogP contribution < -0.4 is 10.5 Å². The minimum Gasteiger partial charge on any atom is -0.468 e. The highest BCUT2D eigenvalue weighted by Gasteiger charge is 2.27. The molecule has 0 fully saturated rings. The van der Waals surface area contributed by atoms with Crippen LogP contribution in [0.1, 0.15) is 24.9 Å². The van der Waals surface area contributed by atoms with Gasteiger partial charge in [-0.2, -0.15) is 13.2 Å². The summed E-state index contributed by atoms with van der Waals surface area (Å²) in [5.41, 5.74) is 6.78. The van der Waals surface area contributed by atoms with E-state index in [0.29, 0.717) is 5.75 Å². The van der Waals surface area contributed by atoms with Crippen molar-refractivity contribution in [2.45, 2.75) is 25.6 Å². The normalized spacial score (nSPS) is 13.4. The summed E-state index contributed by atoms with van der Waals surface area (Å²) in [5.74, 6) is 0.448. The number of alkyl halides is 3. The Hall–Kier alpha value is -1.27. The third kappa shape index (κ3) is 5.37. The number of benzene rings is 1. The van der Waals surface area contributed by atoms with Gasteiger partial charge in [-0.3, -0.25) is 0 Å². The van der Waals surface area contributed by atoms with Gasteiger partial charge in [-0.05, 0) is 24.1 Å². The van der Waals surface area contributed by atoms with E-state index in [-0.39, 0.29) is 6.04 Å². The Labute approximate surface area is 104 Å². The summed E-state index contributed by atoms with van der Waals surface area (Å²) in [6, 6.07) is 6.84. The van der Waals surface area contributed by atoms with Crippen LogP contribution in [0.4, 0.5) is 13.2 Å². The van der Waals surface area contributed by atoms with E-state index < -0.39 is 19.6 Å². The third-order valence-corrected chi connectivity index (χ3v) is 2.32. The van der Waals surface area contributed by atoms with Gasteiger partial charge in [0, 0.05) is 6.04 Å². The number of halogens is 3. The van der Waals surface area contributed by atoms with Crippen molar-refractivity contribution in [2.75, 3.05) is 13.4 Å². The lowest BCUT2D eigenvalue weighted by Crippen LogP contribution is -2.19. The largest absolute Gasteiger partial charge is 0.468 e. The Balaban J connectivity index is 2.35. The van der Waals surface area contributed by atoms with Gasteiger partial charge in [0.25, 0.3) is 0 Å². The van der Waals surface area contributed by atoms with Crippen LogP contribution in [0.25, 0.3) is 0 Å². The number of ether oxygens (including phenoxy) is 2. The molecule has 0 spiro atoms. The molecule has 1 rings (SSSR count). The van der Waals surface area contributed by atoms with E-state index in [1.807, 2.05) is 6.92 Å². The Bertz CT molecular complexity index is 351. The molecule has 3 nitrogen and oxygen atoms in total. The molecular weight excluding hydrogens is 247 g/mol. The molecule has 0 aromatic heterocycles. The first-order valence-electron chi connectivity index (χ1n) is 5.55. The van der Waals surface area contributed by atoms with Crippen molar-refractivity contribution < 1.29 is 22.6 Å². The smallest absolute Gasteiger partial charge is 0.411 e. The molecule has 1 aromatic carbocycles. The highest BCUT2D eigenvalue weighted by Crippen LogP contribution is 2.19. The van der Waals surface area contributed by atoms with Crippen molar-refractivity contribution in [1.29, 1.82) is 0 Å². The van der Waals surface area contributed by atoms with Crippen molar-refractivity contribution in [2.24, 2.45) is 5.73 Å². The summed E-state index contributed by atoms with van der Waals surface area (Å²) in [4.78, 5) is 0. The quantitative estimate of drug-likeness (QED) is 0.634. The van der Waals surface area contributed by atoms with E-state index >= 15 is 0 Å². The molecule has 1 unspecified atom stereocenters. The lowest BCUT2D eigenvalue weighted by Gasteiger charge is -2.11. The van der Waals surface area contributed by atoms with Crippen molar-refractivity contribution in [1.82, 2.24) is 0 Å². The molecule has 0 saturated heterocycles. The zero-order valence-corrected chi connectivity index (χ0v) is 10.0. The molecule has 1 aromatic rings. The number of hydrogen-bond acceptors (Lipinski definition) is 3. The molecule has 0 aliphatic carbocycles. The van der Waals surface area contributed by atoms with Gasteiger partial charge in [-0.1, -0.05) is 19.1 Å². The lowest BCUT2D eigenvalue weighted by atomic mass is 10.1. The predicted octanol–water partition coefficient (Wildman–Crippen LogP) is 3.01. The fraction of sp³-hybridized carbons (Fsp3) is 0.500. The Morgan fingerprint density at radius 2 is 1.83 bits per heavy atom. The van der Waals surface area contributed by atoms with Gasteiger partial charge in [0.1, 0.15) is 12.4 Å². The molecule has 0 aliphatic heterocycles. The molecule has 2 N–H and O–H groups in total. The fourth-order valence-corrected chi connectivity index (χ4v) is 1.31. The van der Waals surface area contributed by atoms with E-state index in [9.17, 15) is 13.2 Å². The minimum atomic E-state index is -4.33. The maximum absolute atomic E-state index is 11.8. The molecule has 0 heterocycles. The first-order valence-corrected chi connectivity index (χ1v) is 5.55. The molecule has 6 heteroatoms. The van der Waals surface area contributed by atoms with Crippen molar-refractivity contribution >= 4 is 0 Å². The van der Waals surface area contributed by atoms with Gasteiger partial charge in [0.15, 0.2) is 6.79 Å². The third-order valence-electron chi connectivity index (χ3n) is 2.32. The Morgan fingerprint density at radius 1 is 1.22 bits per heavy atom. The molecule has 0 amide bonds. The molecule has 0 bridgehead atoms. The molecule has 0 aliphatic rings. The second kappa shape index (κ2) is 6.61. The van der Waals surface area contributed by atoms with Gasteiger partial charge < -0.3 is 15.2 Å². The summed E-state index contributed by atoms with van der Waals surface area (Å²) in [6.45, 7) is 0.227. The van der Waals surface area contributed by atoms with Crippen LogP contribution in [0.2, 0.25) is 0 Å². The Morgan fingerprint density at radius 3 is 2.33 bits per heavy atom. The average molecular weight is 263 g/mol. The maximum Gasteiger partial charge on any atom is 0.411 e. The maximum atomic E-state index is 11.8. The molecule has 1 atom stereocenters. The van der Waals surface area contributed by atoms with Gasteiger partial charge in [-0.15, -0.1) is 0 Å². The van der Waals surface area contributed by atoms with Crippen molar-refractivity contribution in [3.8, 4) is 5.75 Å². The van der Waals surface area contributed by atoms with Crippen LogP contribution in [-0.2, 0) is 4.74 Å². The van der Waals surface area contributed by atoms with Gasteiger partial charge >= 0.3 is 6.18 Å². The zero-order chi connectivity index (χ0) is 13.6. The summed E-state index contributed by atoms with van der Waals surface area (Å²) in [5, 5.41) is 0. The van der Waals surface area contributed by atoms with E-state index in [4.69, 9.17) is 10.5 Å². The highest BCUT2D eigenvalue weighted by molar-refractivity contribution is 5.28. The van der Waals surface area contributed by atoms with Crippen molar-refractivity contribution in [3.05, 3.63) is 29.8 Å². The number of rotatable bonds is 6. The van der Waals surface area contributed by atoms with Gasteiger partial charge in [0.2, 0.25) is 0 Å². The van der Waals surface area contributed by atoms with E-state index in [2.05, 4.69) is 4.74 Å². The molecule has 18 heavy (non-hydrogen) atoms.